The third-order valence-corrected chi connectivity index (χ3v) is 23.5. The maximum Gasteiger partial charge on any atom is 0.262 e. The minimum atomic E-state index is -0.423. The fraction of sp³-hybridized carbons (Fsp3) is 0.704. The Bertz CT molecular complexity index is 2910. The third-order valence-electron chi connectivity index (χ3n) is 20.7. The summed E-state index contributed by atoms with van der Waals surface area (Å²) in [6.45, 7) is 19.8. The Balaban J connectivity index is 1.14. The van der Waals surface area contributed by atoms with E-state index in [1.165, 1.54) is 246 Å². The van der Waals surface area contributed by atoms with Gasteiger partial charge >= 0.3 is 0 Å². The van der Waals surface area contributed by atoms with Crippen molar-refractivity contribution in [2.24, 2.45) is 11.8 Å². The number of unbranched alkanes of at least 4 members (excludes halogenated alkanes) is 25. The van der Waals surface area contributed by atoms with Gasteiger partial charge in [0, 0.05) is 50.0 Å². The molecule has 3 aromatic heterocycles. The molecule has 8 heteroatoms. The average Bonchev–Trinajstić information content (AvgIpc) is 1.59. The van der Waals surface area contributed by atoms with Gasteiger partial charge in [-0.1, -0.05) is 287 Å². The summed E-state index contributed by atoms with van der Waals surface area (Å²) in [4.78, 5) is 41.2. The molecule has 0 fully saturated rings. The lowest BCUT2D eigenvalue weighted by atomic mass is 9.84. The molecule has 89 heavy (non-hydrogen) atoms. The van der Waals surface area contributed by atoms with E-state index in [0.717, 1.165) is 75.9 Å². The number of hydrogen-bond donors (Lipinski definition) is 0. The summed E-state index contributed by atoms with van der Waals surface area (Å²) < 4.78 is 14.2. The van der Waals surface area contributed by atoms with E-state index in [2.05, 4.69) is 120 Å². The lowest BCUT2D eigenvalue weighted by Gasteiger charge is -2.27. The van der Waals surface area contributed by atoms with Crippen LogP contribution < -0.4 is 20.2 Å². The smallest absolute Gasteiger partial charge is 0.262 e. The van der Waals surface area contributed by atoms with Crippen LogP contribution in [0, 0.1) is 11.8 Å². The van der Waals surface area contributed by atoms with Crippen molar-refractivity contribution in [3.05, 3.63) is 86.3 Å². The fourth-order valence-corrected chi connectivity index (χ4v) is 17.1. The highest BCUT2D eigenvalue weighted by Crippen LogP contribution is 2.43. The van der Waals surface area contributed by atoms with E-state index in [1.807, 2.05) is 11.3 Å². The first-order valence-electron chi connectivity index (χ1n) is 37.6. The SMILES string of the molecule is CCCCCCCCCCCCC(CCCCCCCCCC)CN1C(=O)C2=c3cc4c(cc31)=C(C1CC=C(c3ccc(-c5ccc(C(C)(C)C)s5)s3)O1)C(=O)N4CC(CCCCCCCCCCCC)CCCCCCCCCCC(C)(C)c1ccc2o1. The van der Waals surface area contributed by atoms with Gasteiger partial charge in [-0.05, 0) is 104 Å². The highest BCUT2D eigenvalue weighted by molar-refractivity contribution is 7.22. The molecule has 0 spiro atoms. The largest absolute Gasteiger partial charge is 0.484 e. The highest BCUT2D eigenvalue weighted by Gasteiger charge is 2.42. The molecule has 0 N–H and O–H groups in total. The first-order chi connectivity index (χ1) is 43.3. The van der Waals surface area contributed by atoms with E-state index in [4.69, 9.17) is 9.15 Å². The molecule has 0 aliphatic carbocycles. The number of ether oxygens (including phenoxy) is 1. The maximum atomic E-state index is 15.9. The number of anilines is 2. The van der Waals surface area contributed by atoms with Crippen molar-refractivity contribution in [1.82, 2.24) is 0 Å². The molecule has 3 atom stereocenters. The standard InChI is InChI=1S/C81H124N2O4S2/c1-9-12-15-18-21-24-26-31-36-41-46-62-47-43-38-33-28-29-34-39-44-57-81(7,8)74-55-51-70(87-74)77-65-59-66-64(76(78(84)82(66)60-62)69-50-49-68(86-69)71-52-53-72(88-71)73-54-56-75(89-73)80(4,5)6)58-67(65)83(79(77)85)61-63(45-40-35-30-23-20-17-14-11-3)48-42-37-32-27-25-22-19-16-13-10-2/h49,51-56,58-59,62-63,69H,9-48,50,57,60-61H2,1-8H3. The van der Waals surface area contributed by atoms with E-state index >= 15 is 9.59 Å². The van der Waals surface area contributed by atoms with Crippen LogP contribution in [0.3, 0.4) is 0 Å². The lowest BCUT2D eigenvalue weighted by Crippen LogP contribution is -2.35. The Morgan fingerprint density at radius 1 is 0.562 bits per heavy atom. The molecule has 8 rings (SSSR count). The summed E-state index contributed by atoms with van der Waals surface area (Å²) in [5.41, 5.74) is 3.26. The number of amides is 2. The zero-order valence-corrected chi connectivity index (χ0v) is 59.5. The van der Waals surface area contributed by atoms with Gasteiger partial charge in [-0.25, -0.2) is 0 Å². The zero-order valence-electron chi connectivity index (χ0n) is 57.9. The van der Waals surface area contributed by atoms with Gasteiger partial charge in [0.2, 0.25) is 0 Å². The van der Waals surface area contributed by atoms with Crippen LogP contribution >= 0.6 is 22.7 Å². The Labute approximate surface area is 551 Å². The predicted molar refractivity (Wildman–Crippen MR) is 385 cm³/mol. The van der Waals surface area contributed by atoms with Crippen LogP contribution in [0.25, 0.3) is 26.7 Å². The van der Waals surface area contributed by atoms with Crippen molar-refractivity contribution in [3.8, 4) is 9.75 Å². The number of hydrogen-bond acceptors (Lipinski definition) is 6. The van der Waals surface area contributed by atoms with Gasteiger partial charge in [0.15, 0.2) is 0 Å². The zero-order chi connectivity index (χ0) is 62.9. The van der Waals surface area contributed by atoms with E-state index in [-0.39, 0.29) is 22.6 Å². The summed E-state index contributed by atoms with van der Waals surface area (Å²) in [5, 5.41) is 1.88. The molecule has 0 radical (unpaired) electrons. The number of fused-ring (bicyclic) bond motifs is 3. The fourth-order valence-electron chi connectivity index (χ4n) is 15.0. The first-order valence-corrected chi connectivity index (χ1v) is 39.2. The van der Waals surface area contributed by atoms with Crippen molar-refractivity contribution < 1.29 is 18.7 Å². The van der Waals surface area contributed by atoms with Gasteiger partial charge in [0.1, 0.15) is 23.4 Å². The molecule has 4 aliphatic heterocycles. The van der Waals surface area contributed by atoms with Crippen LogP contribution in [0.2, 0.25) is 0 Å². The first kappa shape index (κ1) is 71.0. The number of carbonyl (C=O) groups excluding carboxylic acids is 2. The molecule has 4 aromatic rings. The van der Waals surface area contributed by atoms with Gasteiger partial charge in [-0.15, -0.1) is 22.7 Å². The van der Waals surface area contributed by atoms with Gasteiger partial charge in [-0.3, -0.25) is 9.59 Å². The summed E-state index contributed by atoms with van der Waals surface area (Å²) in [6, 6.07) is 17.8. The quantitative estimate of drug-likeness (QED) is 0.0426. The van der Waals surface area contributed by atoms with Crippen LogP contribution in [0.1, 0.15) is 346 Å². The second-order valence-corrected chi connectivity index (χ2v) is 32.0. The Morgan fingerprint density at radius 3 is 1.66 bits per heavy atom. The Kier molecular flexibility index (Phi) is 29.6. The van der Waals surface area contributed by atoms with Crippen molar-refractivity contribution in [2.75, 3.05) is 22.9 Å². The van der Waals surface area contributed by atoms with E-state index in [9.17, 15) is 0 Å². The number of carbonyl (C=O) groups is 2. The number of thiophene rings is 2. The van der Waals surface area contributed by atoms with Crippen LogP contribution in [-0.4, -0.2) is 31.0 Å². The summed E-state index contributed by atoms with van der Waals surface area (Å²) in [6.07, 6.45) is 55.0. The molecular weight excluding hydrogens is 1130 g/mol. The molecule has 7 heterocycles. The number of benzene rings is 1. The molecule has 3 unspecified atom stereocenters. The van der Waals surface area contributed by atoms with Crippen LogP contribution in [0.15, 0.2) is 59.0 Å². The lowest BCUT2D eigenvalue weighted by molar-refractivity contribution is -0.114. The third kappa shape index (κ3) is 21.1. The predicted octanol–water partition coefficient (Wildman–Crippen LogP) is 23.8. The number of nitrogens with zero attached hydrogens (tertiary/aromatic N) is 2. The van der Waals surface area contributed by atoms with E-state index < -0.39 is 6.10 Å². The van der Waals surface area contributed by atoms with Crippen LogP contribution in [-0.2, 0) is 25.2 Å². The second-order valence-electron chi connectivity index (χ2n) is 29.8. The molecule has 2 amide bonds. The number of rotatable bonds is 36. The summed E-state index contributed by atoms with van der Waals surface area (Å²) in [7, 11) is 0. The summed E-state index contributed by atoms with van der Waals surface area (Å²) >= 11 is 3.67. The topological polar surface area (TPSA) is 63.0 Å². The molecular formula is C81H124N2O4S2. The van der Waals surface area contributed by atoms with Gasteiger partial charge < -0.3 is 19.0 Å². The van der Waals surface area contributed by atoms with Crippen molar-refractivity contribution >= 4 is 62.8 Å². The van der Waals surface area contributed by atoms with E-state index in [0.29, 0.717) is 42.7 Å². The molecule has 4 bridgehead atoms. The van der Waals surface area contributed by atoms with Crippen molar-refractivity contribution in [2.45, 2.75) is 342 Å². The minimum Gasteiger partial charge on any atom is -0.484 e. The van der Waals surface area contributed by atoms with Crippen LogP contribution in [0.5, 0.6) is 0 Å². The second kappa shape index (κ2) is 37.1. The average molecular weight is 1250 g/mol. The highest BCUT2D eigenvalue weighted by atomic mass is 32.1. The normalized spacial score (nSPS) is 18.7. The minimum absolute atomic E-state index is 0.0537. The monoisotopic (exact) mass is 1250 g/mol. The van der Waals surface area contributed by atoms with Gasteiger partial charge in [0.05, 0.1) is 27.4 Å². The molecule has 1 aromatic carbocycles. The van der Waals surface area contributed by atoms with Crippen molar-refractivity contribution in [3.63, 3.8) is 0 Å². The van der Waals surface area contributed by atoms with Gasteiger partial charge in [-0.2, -0.15) is 0 Å². The van der Waals surface area contributed by atoms with E-state index in [1.54, 1.807) is 11.3 Å². The molecule has 6 nitrogen and oxygen atoms in total. The van der Waals surface area contributed by atoms with Crippen LogP contribution in [0.4, 0.5) is 11.4 Å². The Hall–Kier alpha value is -3.88. The summed E-state index contributed by atoms with van der Waals surface area (Å²) in [5.74, 6) is 3.41. The molecule has 0 saturated carbocycles. The molecule has 0 saturated heterocycles. The molecule has 4 aliphatic rings. The van der Waals surface area contributed by atoms with Crippen molar-refractivity contribution in [1.29, 1.82) is 0 Å². The molecule has 494 valence electrons. The Morgan fingerprint density at radius 2 is 1.08 bits per heavy atom. The maximum absolute atomic E-state index is 15.9. The number of furan rings is 1. The van der Waals surface area contributed by atoms with Gasteiger partial charge in [0.25, 0.3) is 11.8 Å².